The molecular formula is C19H26N4O3. The third kappa shape index (κ3) is 4.04. The van der Waals surface area contributed by atoms with Crippen LogP contribution < -0.4 is 5.32 Å². The molecule has 2 aromatic rings. The Kier molecular flexibility index (Phi) is 5.56. The van der Waals surface area contributed by atoms with Gasteiger partial charge in [0.1, 0.15) is 5.82 Å². The summed E-state index contributed by atoms with van der Waals surface area (Å²) in [7, 11) is 3.43. The average molecular weight is 358 g/mol. The van der Waals surface area contributed by atoms with Gasteiger partial charge in [-0.2, -0.15) is 0 Å². The Morgan fingerprint density at radius 1 is 1.27 bits per heavy atom. The number of ether oxygens (including phenoxy) is 1. The van der Waals surface area contributed by atoms with Crippen LogP contribution in [-0.4, -0.2) is 52.6 Å². The van der Waals surface area contributed by atoms with Gasteiger partial charge in [-0.05, 0) is 25.0 Å². The Balaban J connectivity index is 1.82. The smallest absolute Gasteiger partial charge is 0.309 e. The number of rotatable bonds is 4. The fourth-order valence-electron chi connectivity index (χ4n) is 3.71. The topological polar surface area (TPSA) is 76.5 Å². The van der Waals surface area contributed by atoms with Gasteiger partial charge in [0.25, 0.3) is 0 Å². The molecule has 26 heavy (non-hydrogen) atoms. The predicted molar refractivity (Wildman–Crippen MR) is 98.3 cm³/mol. The highest BCUT2D eigenvalue weighted by Crippen LogP contribution is 2.21. The van der Waals surface area contributed by atoms with E-state index in [4.69, 9.17) is 9.72 Å². The van der Waals surface area contributed by atoms with E-state index in [1.807, 2.05) is 31.3 Å². The van der Waals surface area contributed by atoms with Crippen LogP contribution >= 0.6 is 0 Å². The van der Waals surface area contributed by atoms with E-state index in [9.17, 15) is 9.59 Å². The van der Waals surface area contributed by atoms with Crippen molar-refractivity contribution < 1.29 is 14.3 Å². The standard InChI is InChI=1S/C19H26N4O3/c1-13(24)20-15-9-8-14(19(25)26-3)10-23(11-15)12-18-21-16-6-4-5-7-17(16)22(18)2/h4-7,14-15H,8-12H2,1-3H3,(H,20,24)/t14-,15+/m0/s1. The average Bonchev–Trinajstić information content (AvgIpc) is 2.79. The number of fused-ring (bicyclic) bond motifs is 1. The van der Waals surface area contributed by atoms with E-state index in [0.29, 0.717) is 26.1 Å². The number of carbonyl (C=O) groups is 2. The SMILES string of the molecule is COC(=O)[C@H]1CC[C@@H](NC(C)=O)CN(Cc2nc3ccccc3n2C)C1. The number of nitrogens with zero attached hydrogens (tertiary/aromatic N) is 3. The van der Waals surface area contributed by atoms with E-state index in [0.717, 1.165) is 23.3 Å². The first kappa shape index (κ1) is 18.4. The summed E-state index contributed by atoms with van der Waals surface area (Å²) in [5.74, 6) is 0.518. The fraction of sp³-hybridized carbons (Fsp3) is 0.526. The van der Waals surface area contributed by atoms with Gasteiger partial charge < -0.3 is 14.6 Å². The minimum absolute atomic E-state index is 0.0249. The van der Waals surface area contributed by atoms with E-state index in [1.165, 1.54) is 14.0 Å². The number of carbonyl (C=O) groups excluding carboxylic acids is 2. The normalized spacial score (nSPS) is 21.3. The van der Waals surface area contributed by atoms with Gasteiger partial charge in [-0.15, -0.1) is 0 Å². The van der Waals surface area contributed by atoms with Crippen molar-refractivity contribution in [2.45, 2.75) is 32.4 Å². The minimum atomic E-state index is -0.191. The molecule has 1 aromatic heterocycles. The highest BCUT2D eigenvalue weighted by molar-refractivity contribution is 5.76. The summed E-state index contributed by atoms with van der Waals surface area (Å²) in [6.07, 6.45) is 1.47. The number of methoxy groups -OCH3 is 1. The Morgan fingerprint density at radius 3 is 2.73 bits per heavy atom. The monoisotopic (exact) mass is 358 g/mol. The molecule has 1 N–H and O–H groups in total. The molecule has 2 atom stereocenters. The Morgan fingerprint density at radius 2 is 2.04 bits per heavy atom. The number of imidazole rings is 1. The lowest BCUT2D eigenvalue weighted by atomic mass is 10.0. The molecule has 140 valence electrons. The van der Waals surface area contributed by atoms with Crippen LogP contribution in [0.25, 0.3) is 11.0 Å². The summed E-state index contributed by atoms with van der Waals surface area (Å²) in [4.78, 5) is 30.5. The van der Waals surface area contributed by atoms with Crippen molar-refractivity contribution in [3.8, 4) is 0 Å². The third-order valence-corrected chi connectivity index (χ3v) is 5.01. The van der Waals surface area contributed by atoms with Gasteiger partial charge in [0, 0.05) is 33.1 Å². The zero-order chi connectivity index (χ0) is 18.7. The quantitative estimate of drug-likeness (QED) is 0.838. The first-order valence-corrected chi connectivity index (χ1v) is 8.95. The summed E-state index contributed by atoms with van der Waals surface area (Å²) in [6, 6.07) is 8.05. The second kappa shape index (κ2) is 7.86. The van der Waals surface area contributed by atoms with E-state index < -0.39 is 0 Å². The van der Waals surface area contributed by atoms with Crippen LogP contribution in [0, 0.1) is 5.92 Å². The summed E-state index contributed by atoms with van der Waals surface area (Å²) in [5, 5.41) is 3.00. The first-order chi connectivity index (χ1) is 12.5. The lowest BCUT2D eigenvalue weighted by Gasteiger charge is -2.25. The largest absolute Gasteiger partial charge is 0.469 e. The number of hydrogen-bond acceptors (Lipinski definition) is 5. The lowest BCUT2D eigenvalue weighted by molar-refractivity contribution is -0.146. The van der Waals surface area contributed by atoms with Crippen molar-refractivity contribution in [1.29, 1.82) is 0 Å². The summed E-state index contributed by atoms with van der Waals surface area (Å²) in [6.45, 7) is 3.44. The van der Waals surface area contributed by atoms with Crippen LogP contribution in [0.2, 0.25) is 0 Å². The molecule has 0 radical (unpaired) electrons. The van der Waals surface area contributed by atoms with Gasteiger partial charge in [-0.1, -0.05) is 12.1 Å². The molecule has 1 aromatic carbocycles. The molecular weight excluding hydrogens is 332 g/mol. The summed E-state index contributed by atoms with van der Waals surface area (Å²) >= 11 is 0. The van der Waals surface area contributed by atoms with E-state index in [-0.39, 0.29) is 23.8 Å². The predicted octanol–water partition coefficient (Wildman–Crippen LogP) is 1.46. The third-order valence-electron chi connectivity index (χ3n) is 5.01. The molecule has 3 rings (SSSR count). The van der Waals surface area contributed by atoms with Crippen molar-refractivity contribution in [3.63, 3.8) is 0 Å². The molecule has 1 aliphatic rings. The van der Waals surface area contributed by atoms with Crippen molar-refractivity contribution >= 4 is 22.9 Å². The van der Waals surface area contributed by atoms with Crippen LogP contribution in [0.3, 0.4) is 0 Å². The molecule has 1 saturated heterocycles. The maximum absolute atomic E-state index is 12.1. The van der Waals surface area contributed by atoms with Gasteiger partial charge in [-0.25, -0.2) is 4.98 Å². The molecule has 1 fully saturated rings. The van der Waals surface area contributed by atoms with Gasteiger partial charge in [0.15, 0.2) is 0 Å². The van der Waals surface area contributed by atoms with Gasteiger partial charge >= 0.3 is 5.97 Å². The molecule has 2 heterocycles. The number of likely N-dealkylation sites (tertiary alicyclic amines) is 1. The molecule has 7 heteroatoms. The minimum Gasteiger partial charge on any atom is -0.469 e. The molecule has 0 bridgehead atoms. The number of esters is 1. The van der Waals surface area contributed by atoms with E-state index in [2.05, 4.69) is 14.8 Å². The zero-order valence-corrected chi connectivity index (χ0v) is 15.6. The number of aryl methyl sites for hydroxylation is 1. The van der Waals surface area contributed by atoms with Crippen LogP contribution in [0.5, 0.6) is 0 Å². The molecule has 1 amide bonds. The zero-order valence-electron chi connectivity index (χ0n) is 15.6. The number of nitrogens with one attached hydrogen (secondary N) is 1. The molecule has 0 aliphatic carbocycles. The summed E-state index contributed by atoms with van der Waals surface area (Å²) in [5.41, 5.74) is 2.04. The van der Waals surface area contributed by atoms with E-state index >= 15 is 0 Å². The number of aromatic nitrogens is 2. The van der Waals surface area contributed by atoms with Gasteiger partial charge in [0.2, 0.25) is 5.91 Å². The maximum Gasteiger partial charge on any atom is 0.309 e. The molecule has 0 spiro atoms. The highest BCUT2D eigenvalue weighted by Gasteiger charge is 2.30. The van der Waals surface area contributed by atoms with Gasteiger partial charge in [0.05, 0.1) is 30.6 Å². The van der Waals surface area contributed by atoms with Gasteiger partial charge in [-0.3, -0.25) is 14.5 Å². The molecule has 0 unspecified atom stereocenters. The molecule has 0 saturated carbocycles. The molecule has 7 nitrogen and oxygen atoms in total. The maximum atomic E-state index is 12.1. The lowest BCUT2D eigenvalue weighted by Crippen LogP contribution is -2.42. The first-order valence-electron chi connectivity index (χ1n) is 8.95. The number of amides is 1. The van der Waals surface area contributed by atoms with Crippen molar-refractivity contribution in [2.24, 2.45) is 13.0 Å². The molecule has 1 aliphatic heterocycles. The fourth-order valence-corrected chi connectivity index (χ4v) is 3.71. The number of para-hydroxylation sites is 2. The van der Waals surface area contributed by atoms with Crippen LogP contribution in [0.1, 0.15) is 25.6 Å². The Bertz CT molecular complexity index is 801. The van der Waals surface area contributed by atoms with E-state index in [1.54, 1.807) is 0 Å². The van der Waals surface area contributed by atoms with Crippen LogP contribution in [-0.2, 0) is 27.9 Å². The van der Waals surface area contributed by atoms with Crippen molar-refractivity contribution in [3.05, 3.63) is 30.1 Å². The number of benzene rings is 1. The van der Waals surface area contributed by atoms with Crippen LogP contribution in [0.4, 0.5) is 0 Å². The van der Waals surface area contributed by atoms with Crippen molar-refractivity contribution in [1.82, 2.24) is 19.8 Å². The Hall–Kier alpha value is -2.41. The Labute approximate surface area is 153 Å². The second-order valence-corrected chi connectivity index (χ2v) is 6.96. The van der Waals surface area contributed by atoms with Crippen LogP contribution in [0.15, 0.2) is 24.3 Å². The van der Waals surface area contributed by atoms with Crippen molar-refractivity contribution in [2.75, 3.05) is 20.2 Å². The summed E-state index contributed by atoms with van der Waals surface area (Å²) < 4.78 is 7.04. The number of hydrogen-bond donors (Lipinski definition) is 1. The second-order valence-electron chi connectivity index (χ2n) is 6.96. The highest BCUT2D eigenvalue weighted by atomic mass is 16.5.